The summed E-state index contributed by atoms with van der Waals surface area (Å²) in [5.74, 6) is 0. The Kier molecular flexibility index (Phi) is 21.0. The van der Waals surface area contributed by atoms with Crippen molar-refractivity contribution >= 4 is 35.0 Å². The van der Waals surface area contributed by atoms with Crippen LogP contribution in [0.15, 0.2) is 22.8 Å². The fraction of sp³-hybridized carbons (Fsp3) is 0.892. The Balaban J connectivity index is 6.99. The van der Waals surface area contributed by atoms with Gasteiger partial charge in [-0.05, 0) is 0 Å². The molecule has 0 aromatic rings. The summed E-state index contributed by atoms with van der Waals surface area (Å²) < 4.78 is 22.0. The van der Waals surface area contributed by atoms with Crippen molar-refractivity contribution < 1.29 is 14.0 Å². The molecule has 3 nitrogen and oxygen atoms in total. The minimum atomic E-state index is -2.53. The van der Waals surface area contributed by atoms with Gasteiger partial charge >= 0.3 is 279 Å². The molecule has 0 amide bonds. The van der Waals surface area contributed by atoms with Crippen molar-refractivity contribution in [3.05, 3.63) is 22.8 Å². The number of rotatable bonds is 24. The molecule has 0 saturated heterocycles. The second-order valence-electron chi connectivity index (χ2n) is 16.2. The average molecular weight is 746 g/mol. The van der Waals surface area contributed by atoms with Crippen LogP contribution < -0.4 is 0 Å². The predicted molar refractivity (Wildman–Crippen MR) is 202 cm³/mol. The zero-order chi connectivity index (χ0) is 33.5. The zero-order valence-electron chi connectivity index (χ0n) is 31.7. The van der Waals surface area contributed by atoms with Gasteiger partial charge in [-0.25, -0.2) is 0 Å². The van der Waals surface area contributed by atoms with E-state index in [0.29, 0.717) is 29.5 Å². The summed E-state index contributed by atoms with van der Waals surface area (Å²) in [6.07, 6.45) is 14.0. The molecule has 0 heterocycles. The second kappa shape index (κ2) is 20.7. The third-order valence-electron chi connectivity index (χ3n) is 10.5. The molecule has 0 bridgehead atoms. The van der Waals surface area contributed by atoms with Gasteiger partial charge in [-0.1, -0.05) is 0 Å². The van der Waals surface area contributed by atoms with Crippen LogP contribution in [0.1, 0.15) is 141 Å². The van der Waals surface area contributed by atoms with E-state index in [0.717, 1.165) is 6.42 Å². The van der Waals surface area contributed by atoms with Crippen molar-refractivity contribution in [1.82, 2.24) is 0 Å². The van der Waals surface area contributed by atoms with Crippen molar-refractivity contribution in [3.63, 3.8) is 0 Å². The monoisotopic (exact) mass is 746 g/mol. The Bertz CT molecular complexity index is 729. The van der Waals surface area contributed by atoms with E-state index in [1.54, 1.807) is 0 Å². The molecule has 0 unspecified atom stereocenters. The Morgan fingerprint density at radius 1 is 0.767 bits per heavy atom. The summed E-state index contributed by atoms with van der Waals surface area (Å²) in [4.78, 5) is 0. The molecule has 0 aliphatic carbocycles. The topological polar surface area (TPSA) is 38.7 Å². The molecule has 256 valence electrons. The van der Waals surface area contributed by atoms with Gasteiger partial charge in [0.25, 0.3) is 0 Å². The number of hydrogen-bond acceptors (Lipinski definition) is 3. The second-order valence-corrected chi connectivity index (χ2v) is 39.3. The van der Waals surface area contributed by atoms with E-state index in [-0.39, 0.29) is 17.2 Å². The molecule has 3 atom stereocenters. The van der Waals surface area contributed by atoms with E-state index in [9.17, 15) is 5.11 Å². The molecule has 1 N–H and O–H groups in total. The summed E-state index contributed by atoms with van der Waals surface area (Å²) in [5, 5.41) is 11.1. The van der Waals surface area contributed by atoms with Crippen LogP contribution in [-0.4, -0.2) is 58.4 Å². The maximum atomic E-state index is 11.0. The van der Waals surface area contributed by atoms with E-state index in [1.165, 1.54) is 51.8 Å². The first kappa shape index (κ1) is 43.6. The standard InChI is InChI=1S/C25H51O3Si2.3C4H9.Sn/c1-14-16-22(26)17-24(27-29(12,13)25(9,10)11)18-23(15-2)28-30(19(3)4,20(5)6)21(7)8;3*1-3-4-2;/h2,14-15,19-24,26H,1,16-18H2,3-13H3;3*1,3-4H2,2H3;/t22-,23-,24-;;;;/m0..../s1. The number of aliphatic hydroxyl groups excluding tert-OH is 1. The molecule has 0 fully saturated rings. The van der Waals surface area contributed by atoms with Gasteiger partial charge in [0.1, 0.15) is 0 Å². The predicted octanol–water partition coefficient (Wildman–Crippen LogP) is 12.6. The van der Waals surface area contributed by atoms with Crippen LogP contribution >= 0.6 is 0 Å². The van der Waals surface area contributed by atoms with Gasteiger partial charge in [0.15, 0.2) is 0 Å². The summed E-state index contributed by atoms with van der Waals surface area (Å²) in [5.41, 5.74) is 1.59. The van der Waals surface area contributed by atoms with Gasteiger partial charge in [-0.15, -0.1) is 0 Å². The van der Waals surface area contributed by atoms with Crippen LogP contribution in [0.4, 0.5) is 0 Å². The summed E-state index contributed by atoms with van der Waals surface area (Å²) in [6, 6.07) is 0. The van der Waals surface area contributed by atoms with E-state index < -0.39 is 41.1 Å². The van der Waals surface area contributed by atoms with Crippen molar-refractivity contribution in [3.8, 4) is 0 Å². The molecule has 43 heavy (non-hydrogen) atoms. The Morgan fingerprint density at radius 3 is 1.56 bits per heavy atom. The minimum absolute atomic E-state index is 0.0322. The van der Waals surface area contributed by atoms with Gasteiger partial charge < -0.3 is 0 Å². The zero-order valence-corrected chi connectivity index (χ0v) is 36.5. The molecule has 0 aliphatic heterocycles. The molecule has 0 aliphatic rings. The molecular weight excluding hydrogens is 667 g/mol. The van der Waals surface area contributed by atoms with E-state index in [2.05, 4.69) is 113 Å². The fourth-order valence-corrected chi connectivity index (χ4v) is 28.3. The first-order valence-corrected chi connectivity index (χ1v) is 31.0. The normalized spacial score (nSPS) is 16.0. The van der Waals surface area contributed by atoms with Crippen molar-refractivity contribution in [1.29, 1.82) is 0 Å². The fourth-order valence-electron chi connectivity index (χ4n) is 7.00. The summed E-state index contributed by atoms with van der Waals surface area (Å²) in [7, 11) is -4.18. The summed E-state index contributed by atoms with van der Waals surface area (Å²) >= 11 is -2.53. The van der Waals surface area contributed by atoms with Gasteiger partial charge in [-0.3, -0.25) is 0 Å². The van der Waals surface area contributed by atoms with Crippen molar-refractivity contribution in [2.45, 2.75) is 207 Å². The number of unbranched alkanes of at least 4 members (excludes halogenated alkanes) is 3. The third-order valence-corrected chi connectivity index (χ3v) is 35.3. The Hall–Kier alpha value is 0.592. The average Bonchev–Trinajstić information content (AvgIpc) is 2.89. The van der Waals surface area contributed by atoms with E-state index >= 15 is 0 Å². The van der Waals surface area contributed by atoms with Crippen LogP contribution in [0.25, 0.3) is 0 Å². The molecule has 0 saturated carbocycles. The van der Waals surface area contributed by atoms with Crippen LogP contribution in [0.2, 0.25) is 48.1 Å². The Morgan fingerprint density at radius 2 is 1.21 bits per heavy atom. The van der Waals surface area contributed by atoms with Crippen molar-refractivity contribution in [2.24, 2.45) is 0 Å². The quantitative estimate of drug-likeness (QED) is 0.0790. The van der Waals surface area contributed by atoms with Crippen LogP contribution in [-0.2, 0) is 8.85 Å². The number of hydrogen-bond donors (Lipinski definition) is 1. The molecule has 0 aromatic heterocycles. The first-order chi connectivity index (χ1) is 19.9. The van der Waals surface area contributed by atoms with Crippen LogP contribution in [0, 0.1) is 0 Å². The molecule has 0 radical (unpaired) electrons. The Labute approximate surface area is 277 Å². The van der Waals surface area contributed by atoms with Crippen LogP contribution in [0.5, 0.6) is 0 Å². The molecule has 0 aromatic carbocycles. The third kappa shape index (κ3) is 14.5. The molecule has 6 heteroatoms. The first-order valence-electron chi connectivity index (χ1n) is 18.2. The van der Waals surface area contributed by atoms with Gasteiger partial charge in [-0.2, -0.15) is 0 Å². The molecule has 0 rings (SSSR count). The van der Waals surface area contributed by atoms with Gasteiger partial charge in [0.2, 0.25) is 0 Å². The van der Waals surface area contributed by atoms with Crippen molar-refractivity contribution in [2.75, 3.05) is 0 Å². The van der Waals surface area contributed by atoms with E-state index in [4.69, 9.17) is 8.85 Å². The van der Waals surface area contributed by atoms with Crippen LogP contribution in [0.3, 0.4) is 0 Å². The number of aliphatic hydroxyl groups is 1. The van der Waals surface area contributed by atoms with Gasteiger partial charge in [0.05, 0.1) is 0 Å². The molecular formula is C37H78O3Si2Sn. The van der Waals surface area contributed by atoms with Gasteiger partial charge in [0, 0.05) is 0 Å². The maximum absolute atomic E-state index is 11.0. The molecule has 0 spiro atoms. The SMILES string of the molecule is C=CC[C@H](O)C[C@@H](C[C@H](/C=[CH]/[Sn]([CH2]CCC)([CH2]CCC)[CH2]CCC)O[Si](C(C)C)(C(C)C)C(C)C)O[Si](C)(C)C(C)(C)C. The van der Waals surface area contributed by atoms with E-state index in [1.807, 2.05) is 6.08 Å². The summed E-state index contributed by atoms with van der Waals surface area (Å²) in [6.45, 7) is 37.0.